The van der Waals surface area contributed by atoms with Gasteiger partial charge in [-0.2, -0.15) is 0 Å². The van der Waals surface area contributed by atoms with Gasteiger partial charge in [-0.05, 0) is 36.1 Å². The van der Waals surface area contributed by atoms with Gasteiger partial charge in [0.25, 0.3) is 0 Å². The van der Waals surface area contributed by atoms with Crippen molar-refractivity contribution in [2.75, 3.05) is 0 Å². The molecule has 0 N–H and O–H groups in total. The molecule has 1 heterocycles. The Hall–Kier alpha value is -1.19. The van der Waals surface area contributed by atoms with Gasteiger partial charge in [-0.1, -0.05) is 46.3 Å². The third-order valence-corrected chi connectivity index (χ3v) is 5.54. The second kappa shape index (κ2) is 5.06. The fourth-order valence-corrected chi connectivity index (χ4v) is 3.96. The van der Waals surface area contributed by atoms with E-state index < -0.39 is 0 Å². The van der Waals surface area contributed by atoms with Crippen molar-refractivity contribution in [2.45, 2.75) is 11.8 Å². The first-order chi connectivity index (χ1) is 9.16. The molecule has 96 valence electrons. The Morgan fingerprint density at radius 1 is 1.00 bits per heavy atom. The van der Waals surface area contributed by atoms with Crippen LogP contribution in [0.5, 0.6) is 0 Å². The van der Waals surface area contributed by atoms with E-state index in [0.29, 0.717) is 5.39 Å². The third-order valence-electron chi connectivity index (χ3n) is 3.19. The highest BCUT2D eigenvalue weighted by Crippen LogP contribution is 2.38. The zero-order valence-corrected chi connectivity index (χ0v) is 12.8. The Morgan fingerprint density at radius 2 is 1.74 bits per heavy atom. The molecule has 2 aromatic carbocycles. The Labute approximate surface area is 124 Å². The summed E-state index contributed by atoms with van der Waals surface area (Å²) in [4.78, 5) is 2.64. The lowest BCUT2D eigenvalue weighted by Gasteiger charge is -2.12. The van der Waals surface area contributed by atoms with Crippen molar-refractivity contribution < 1.29 is 4.39 Å². The monoisotopic (exact) mass is 334 g/mol. The van der Waals surface area contributed by atoms with E-state index in [-0.39, 0.29) is 10.6 Å². The summed E-state index contributed by atoms with van der Waals surface area (Å²) in [5, 5.41) is 1.65. The molecule has 0 radical (unpaired) electrons. The van der Waals surface area contributed by atoms with Crippen LogP contribution in [0.4, 0.5) is 4.39 Å². The van der Waals surface area contributed by atoms with E-state index in [2.05, 4.69) is 35.0 Å². The highest BCUT2D eigenvalue weighted by molar-refractivity contribution is 9.09. The van der Waals surface area contributed by atoms with E-state index in [1.54, 1.807) is 17.4 Å². The average molecular weight is 335 g/mol. The highest BCUT2D eigenvalue weighted by Gasteiger charge is 2.16. The predicted octanol–water partition coefficient (Wildman–Crippen LogP) is 5.83. The van der Waals surface area contributed by atoms with E-state index in [9.17, 15) is 4.39 Å². The molecule has 0 saturated carbocycles. The molecule has 0 nitrogen and oxygen atoms in total. The summed E-state index contributed by atoms with van der Waals surface area (Å²) < 4.78 is 13.8. The van der Waals surface area contributed by atoms with Crippen LogP contribution in [0.15, 0.2) is 48.5 Å². The SMILES string of the molecule is Cc1ccc(C(Br)c2ccc(F)c3ccccc23)s1. The van der Waals surface area contributed by atoms with Gasteiger partial charge in [-0.15, -0.1) is 11.3 Å². The fraction of sp³-hybridized carbons (Fsp3) is 0.125. The van der Waals surface area contributed by atoms with Crippen molar-refractivity contribution in [3.63, 3.8) is 0 Å². The number of alkyl halides is 1. The second-order valence-electron chi connectivity index (χ2n) is 4.49. The Balaban J connectivity index is 2.18. The Morgan fingerprint density at radius 3 is 2.42 bits per heavy atom. The predicted molar refractivity (Wildman–Crippen MR) is 83.7 cm³/mol. The zero-order chi connectivity index (χ0) is 13.4. The largest absolute Gasteiger partial charge is 0.206 e. The van der Waals surface area contributed by atoms with E-state index in [1.165, 1.54) is 9.75 Å². The second-order valence-corrected chi connectivity index (χ2v) is 6.73. The van der Waals surface area contributed by atoms with Crippen LogP contribution in [0.1, 0.15) is 20.1 Å². The molecular formula is C16H12BrFS. The zero-order valence-electron chi connectivity index (χ0n) is 10.4. The van der Waals surface area contributed by atoms with Gasteiger partial charge in [0.05, 0.1) is 4.83 Å². The van der Waals surface area contributed by atoms with Gasteiger partial charge >= 0.3 is 0 Å². The number of hydrogen-bond acceptors (Lipinski definition) is 1. The number of hydrogen-bond donors (Lipinski definition) is 0. The van der Waals surface area contributed by atoms with Crippen LogP contribution < -0.4 is 0 Å². The molecule has 0 spiro atoms. The maximum Gasteiger partial charge on any atom is 0.131 e. The number of benzene rings is 2. The summed E-state index contributed by atoms with van der Waals surface area (Å²) >= 11 is 5.50. The van der Waals surface area contributed by atoms with Crippen LogP contribution >= 0.6 is 27.3 Å². The van der Waals surface area contributed by atoms with Crippen LogP contribution in [0, 0.1) is 12.7 Å². The van der Waals surface area contributed by atoms with E-state index >= 15 is 0 Å². The molecule has 0 bridgehead atoms. The van der Waals surface area contributed by atoms with Gasteiger partial charge < -0.3 is 0 Å². The third kappa shape index (κ3) is 2.33. The summed E-state index contributed by atoms with van der Waals surface area (Å²) in [6, 6.07) is 15.3. The quantitative estimate of drug-likeness (QED) is 0.517. The molecule has 0 amide bonds. The molecule has 3 aromatic rings. The Kier molecular flexibility index (Phi) is 3.42. The van der Waals surface area contributed by atoms with Crippen LogP contribution in [-0.2, 0) is 0 Å². The molecule has 0 aliphatic heterocycles. The topological polar surface area (TPSA) is 0 Å². The van der Waals surface area contributed by atoms with Gasteiger partial charge in [0.1, 0.15) is 5.82 Å². The fourth-order valence-electron chi connectivity index (χ4n) is 2.25. The first-order valence-corrected chi connectivity index (χ1v) is 7.77. The lowest BCUT2D eigenvalue weighted by Crippen LogP contribution is -1.93. The van der Waals surface area contributed by atoms with Crippen molar-refractivity contribution in [1.29, 1.82) is 0 Å². The summed E-state index contributed by atoms with van der Waals surface area (Å²) in [6.45, 7) is 2.09. The molecule has 0 saturated heterocycles. The number of fused-ring (bicyclic) bond motifs is 1. The molecule has 0 fully saturated rings. The maximum atomic E-state index is 13.8. The maximum absolute atomic E-state index is 13.8. The lowest BCUT2D eigenvalue weighted by atomic mass is 10.0. The summed E-state index contributed by atoms with van der Waals surface area (Å²) in [6.07, 6.45) is 0. The van der Waals surface area contributed by atoms with Gasteiger partial charge in [-0.25, -0.2) is 4.39 Å². The first kappa shape index (κ1) is 12.8. The standard InChI is InChI=1S/C16H12BrFS/c1-10-6-9-15(19-10)16(17)13-7-8-14(18)12-5-3-2-4-11(12)13/h2-9,16H,1H3. The van der Waals surface area contributed by atoms with Gasteiger partial charge in [0.2, 0.25) is 0 Å². The highest BCUT2D eigenvalue weighted by atomic mass is 79.9. The van der Waals surface area contributed by atoms with Crippen molar-refractivity contribution in [3.05, 3.63) is 69.7 Å². The first-order valence-electron chi connectivity index (χ1n) is 6.04. The van der Waals surface area contributed by atoms with Crippen LogP contribution in [0.3, 0.4) is 0 Å². The van der Waals surface area contributed by atoms with E-state index in [1.807, 2.05) is 30.3 Å². The molecule has 0 aliphatic carbocycles. The van der Waals surface area contributed by atoms with Crippen LogP contribution in [0.2, 0.25) is 0 Å². The van der Waals surface area contributed by atoms with Gasteiger partial charge in [-0.3, -0.25) is 0 Å². The molecule has 0 aliphatic rings. The number of thiophene rings is 1. The minimum absolute atomic E-state index is 0.108. The molecule has 19 heavy (non-hydrogen) atoms. The molecule has 3 rings (SSSR count). The van der Waals surface area contributed by atoms with Crippen molar-refractivity contribution in [1.82, 2.24) is 0 Å². The van der Waals surface area contributed by atoms with Crippen molar-refractivity contribution in [3.8, 4) is 0 Å². The number of aryl methyl sites for hydroxylation is 1. The average Bonchev–Trinajstić information content (AvgIpc) is 2.86. The smallest absolute Gasteiger partial charge is 0.131 e. The number of rotatable bonds is 2. The van der Waals surface area contributed by atoms with E-state index in [4.69, 9.17) is 0 Å². The Bertz CT molecular complexity index is 732. The molecular weight excluding hydrogens is 323 g/mol. The summed E-state index contributed by atoms with van der Waals surface area (Å²) in [7, 11) is 0. The lowest BCUT2D eigenvalue weighted by molar-refractivity contribution is 0.639. The number of halogens is 2. The summed E-state index contributed by atoms with van der Waals surface area (Å²) in [5.41, 5.74) is 1.11. The van der Waals surface area contributed by atoms with E-state index in [0.717, 1.165) is 10.9 Å². The molecule has 1 unspecified atom stereocenters. The van der Waals surface area contributed by atoms with Gasteiger partial charge in [0, 0.05) is 15.1 Å². The molecule has 3 heteroatoms. The van der Waals surface area contributed by atoms with Crippen molar-refractivity contribution in [2.24, 2.45) is 0 Å². The summed E-state index contributed by atoms with van der Waals surface area (Å²) in [5.74, 6) is -0.165. The van der Waals surface area contributed by atoms with Crippen LogP contribution in [0.25, 0.3) is 10.8 Å². The molecule has 1 atom stereocenters. The molecule has 1 aromatic heterocycles. The van der Waals surface area contributed by atoms with Crippen molar-refractivity contribution >= 4 is 38.0 Å². The minimum atomic E-state index is -0.165. The van der Waals surface area contributed by atoms with Crippen LogP contribution in [-0.4, -0.2) is 0 Å². The normalized spacial score (nSPS) is 12.8. The van der Waals surface area contributed by atoms with Gasteiger partial charge in [0.15, 0.2) is 0 Å². The minimum Gasteiger partial charge on any atom is -0.206 e.